The Labute approximate surface area is 92.6 Å². The minimum absolute atomic E-state index is 0.433. The van der Waals surface area contributed by atoms with Crippen LogP contribution >= 0.6 is 0 Å². The van der Waals surface area contributed by atoms with Gasteiger partial charge in [0.15, 0.2) is 5.82 Å². The number of anilines is 1. The lowest BCUT2D eigenvalue weighted by Crippen LogP contribution is -2.20. The molecule has 16 heavy (non-hydrogen) atoms. The molecule has 0 saturated heterocycles. The first-order chi connectivity index (χ1) is 7.66. The predicted octanol–water partition coefficient (Wildman–Crippen LogP) is 0.986. The molecule has 0 saturated carbocycles. The van der Waals surface area contributed by atoms with Gasteiger partial charge in [-0.05, 0) is 6.07 Å². The molecule has 84 valence electrons. The molecule has 0 spiro atoms. The molecule has 0 radical (unpaired) electrons. The quantitative estimate of drug-likeness (QED) is 0.775. The summed E-state index contributed by atoms with van der Waals surface area (Å²) < 4.78 is 14.4. The molecule has 0 bridgehead atoms. The second-order valence-corrected chi connectivity index (χ2v) is 3.50. The lowest BCUT2D eigenvalue weighted by atomic mass is 10.4. The highest BCUT2D eigenvalue weighted by atomic mass is 19.1. The average Bonchev–Trinajstić information content (AvgIpc) is 2.65. The van der Waals surface area contributed by atoms with Crippen LogP contribution in [0, 0.1) is 5.82 Å². The summed E-state index contributed by atoms with van der Waals surface area (Å²) in [5.41, 5.74) is 1.04. The highest BCUT2D eigenvalue weighted by molar-refractivity contribution is 5.28. The van der Waals surface area contributed by atoms with Gasteiger partial charge in [0.2, 0.25) is 5.95 Å². The van der Waals surface area contributed by atoms with Crippen molar-refractivity contribution >= 4 is 5.95 Å². The Kier molecular flexibility index (Phi) is 2.80. The summed E-state index contributed by atoms with van der Waals surface area (Å²) in [5.74, 6) is 0.0558. The molecular weight excluding hydrogens is 209 g/mol. The smallest absolute Gasteiger partial charge is 0.225 e. The van der Waals surface area contributed by atoms with Crippen LogP contribution < -0.4 is 4.90 Å². The van der Waals surface area contributed by atoms with Crippen LogP contribution in [0.2, 0.25) is 0 Å². The number of aryl methyl sites for hydroxylation is 1. The van der Waals surface area contributed by atoms with Gasteiger partial charge in [-0.1, -0.05) is 0 Å². The maximum Gasteiger partial charge on any atom is 0.225 e. The molecule has 0 amide bonds. The second kappa shape index (κ2) is 4.26. The summed E-state index contributed by atoms with van der Waals surface area (Å²) in [7, 11) is 3.72. The third-order valence-electron chi connectivity index (χ3n) is 2.27. The van der Waals surface area contributed by atoms with Gasteiger partial charge in [0.25, 0.3) is 0 Å². The van der Waals surface area contributed by atoms with Gasteiger partial charge in [-0.15, -0.1) is 0 Å². The van der Waals surface area contributed by atoms with Crippen molar-refractivity contribution in [2.45, 2.75) is 6.54 Å². The molecule has 2 aromatic heterocycles. The van der Waals surface area contributed by atoms with Crippen molar-refractivity contribution in [1.82, 2.24) is 19.7 Å². The highest BCUT2D eigenvalue weighted by Gasteiger charge is 2.07. The monoisotopic (exact) mass is 221 g/mol. The molecule has 0 N–H and O–H groups in total. The highest BCUT2D eigenvalue weighted by Crippen LogP contribution is 2.08. The van der Waals surface area contributed by atoms with Crippen molar-refractivity contribution in [3.05, 3.63) is 36.2 Å². The number of hydrogen-bond acceptors (Lipinski definition) is 4. The lowest BCUT2D eigenvalue weighted by Gasteiger charge is -2.16. The molecule has 5 nitrogen and oxygen atoms in total. The van der Waals surface area contributed by atoms with Gasteiger partial charge in [0.05, 0.1) is 24.6 Å². The maximum atomic E-state index is 12.6. The van der Waals surface area contributed by atoms with E-state index in [1.807, 2.05) is 25.1 Å². The van der Waals surface area contributed by atoms with Gasteiger partial charge in [-0.25, -0.2) is 14.4 Å². The van der Waals surface area contributed by atoms with Crippen molar-refractivity contribution < 1.29 is 4.39 Å². The lowest BCUT2D eigenvalue weighted by molar-refractivity contribution is 0.611. The van der Waals surface area contributed by atoms with Gasteiger partial charge >= 0.3 is 0 Å². The van der Waals surface area contributed by atoms with Crippen LogP contribution in [0.1, 0.15) is 5.69 Å². The standard InChI is InChI=1S/C10H12FN5/c1-15(7-9-3-4-14-16(9)2)10-12-5-8(11)6-13-10/h3-6H,7H2,1-2H3. The van der Waals surface area contributed by atoms with Crippen LogP contribution in [0.25, 0.3) is 0 Å². The molecule has 0 aliphatic heterocycles. The summed E-state index contributed by atoms with van der Waals surface area (Å²) in [6.45, 7) is 0.627. The minimum atomic E-state index is -0.433. The first kappa shape index (κ1) is 10.5. The van der Waals surface area contributed by atoms with Gasteiger partial charge < -0.3 is 4.90 Å². The fourth-order valence-electron chi connectivity index (χ4n) is 1.37. The van der Waals surface area contributed by atoms with Crippen molar-refractivity contribution in [3.63, 3.8) is 0 Å². The Hall–Kier alpha value is -1.98. The van der Waals surface area contributed by atoms with Gasteiger partial charge in [0.1, 0.15) is 0 Å². The van der Waals surface area contributed by atoms with E-state index in [4.69, 9.17) is 0 Å². The fourth-order valence-corrected chi connectivity index (χ4v) is 1.37. The Bertz CT molecular complexity index is 464. The van der Waals surface area contributed by atoms with Crippen molar-refractivity contribution in [2.75, 3.05) is 11.9 Å². The Morgan fingerprint density at radius 2 is 2.06 bits per heavy atom. The normalized spacial score (nSPS) is 10.4. The summed E-state index contributed by atoms with van der Waals surface area (Å²) >= 11 is 0. The van der Waals surface area contributed by atoms with Gasteiger partial charge in [-0.2, -0.15) is 5.10 Å². The zero-order chi connectivity index (χ0) is 11.5. The molecule has 6 heteroatoms. The van der Waals surface area contributed by atoms with E-state index in [1.165, 1.54) is 0 Å². The molecule has 2 aromatic rings. The van der Waals surface area contributed by atoms with E-state index in [0.29, 0.717) is 12.5 Å². The molecule has 0 fully saturated rings. The summed E-state index contributed by atoms with van der Waals surface area (Å²) in [5, 5.41) is 4.07. The third kappa shape index (κ3) is 2.16. The molecule has 0 aliphatic carbocycles. The maximum absolute atomic E-state index is 12.6. The van der Waals surface area contributed by atoms with E-state index in [0.717, 1.165) is 18.1 Å². The van der Waals surface area contributed by atoms with E-state index in [-0.39, 0.29) is 0 Å². The van der Waals surface area contributed by atoms with Crippen LogP contribution in [-0.4, -0.2) is 26.8 Å². The van der Waals surface area contributed by atoms with Crippen LogP contribution in [0.15, 0.2) is 24.7 Å². The zero-order valence-corrected chi connectivity index (χ0v) is 9.13. The van der Waals surface area contributed by atoms with E-state index in [9.17, 15) is 4.39 Å². The van der Waals surface area contributed by atoms with Crippen molar-refractivity contribution in [2.24, 2.45) is 7.05 Å². The number of hydrogen-bond donors (Lipinski definition) is 0. The van der Waals surface area contributed by atoms with E-state index in [2.05, 4.69) is 15.1 Å². The molecule has 2 rings (SSSR count). The molecule has 2 heterocycles. The van der Waals surface area contributed by atoms with Crippen LogP contribution in [0.5, 0.6) is 0 Å². The largest absolute Gasteiger partial charge is 0.338 e. The number of rotatable bonds is 3. The van der Waals surface area contributed by atoms with Crippen molar-refractivity contribution in [1.29, 1.82) is 0 Å². The zero-order valence-electron chi connectivity index (χ0n) is 9.13. The molecule has 0 aromatic carbocycles. The molecule has 0 unspecified atom stereocenters. The minimum Gasteiger partial charge on any atom is -0.338 e. The van der Waals surface area contributed by atoms with E-state index < -0.39 is 5.82 Å². The van der Waals surface area contributed by atoms with Crippen LogP contribution in [-0.2, 0) is 13.6 Å². The molecule has 0 aliphatic rings. The van der Waals surface area contributed by atoms with E-state index in [1.54, 1.807) is 10.9 Å². The molecule has 0 atom stereocenters. The number of halogens is 1. The number of aromatic nitrogens is 4. The predicted molar refractivity (Wildman–Crippen MR) is 57.3 cm³/mol. The Morgan fingerprint density at radius 3 is 2.62 bits per heavy atom. The van der Waals surface area contributed by atoms with Crippen LogP contribution in [0.4, 0.5) is 10.3 Å². The van der Waals surface area contributed by atoms with Gasteiger partial charge in [0, 0.05) is 20.3 Å². The summed E-state index contributed by atoms with van der Waals surface area (Å²) in [6.07, 6.45) is 4.04. The fraction of sp³-hybridized carbons (Fsp3) is 0.300. The average molecular weight is 221 g/mol. The summed E-state index contributed by atoms with van der Waals surface area (Å²) in [4.78, 5) is 9.63. The molecular formula is C10H12FN5. The Morgan fingerprint density at radius 1 is 1.38 bits per heavy atom. The van der Waals surface area contributed by atoms with Crippen LogP contribution in [0.3, 0.4) is 0 Å². The SMILES string of the molecule is CN(Cc1ccnn1C)c1ncc(F)cn1. The third-order valence-corrected chi connectivity index (χ3v) is 2.27. The second-order valence-electron chi connectivity index (χ2n) is 3.50. The number of nitrogens with zero attached hydrogens (tertiary/aromatic N) is 5. The topological polar surface area (TPSA) is 46.8 Å². The van der Waals surface area contributed by atoms with Gasteiger partial charge in [-0.3, -0.25) is 4.68 Å². The summed E-state index contributed by atoms with van der Waals surface area (Å²) in [6, 6.07) is 1.92. The first-order valence-electron chi connectivity index (χ1n) is 4.82. The van der Waals surface area contributed by atoms with E-state index >= 15 is 0 Å². The first-order valence-corrected chi connectivity index (χ1v) is 4.82. The van der Waals surface area contributed by atoms with Crippen molar-refractivity contribution in [3.8, 4) is 0 Å². The Balaban J connectivity index is 2.11.